The van der Waals surface area contributed by atoms with Crippen molar-refractivity contribution in [1.82, 2.24) is 5.32 Å². The van der Waals surface area contributed by atoms with E-state index in [1.165, 1.54) is 0 Å². The molecule has 0 aliphatic carbocycles. The lowest BCUT2D eigenvalue weighted by atomic mass is 10.0. The Morgan fingerprint density at radius 1 is 1.30 bits per heavy atom. The predicted molar refractivity (Wildman–Crippen MR) is 99.2 cm³/mol. The van der Waals surface area contributed by atoms with E-state index in [9.17, 15) is 4.79 Å². The lowest BCUT2D eigenvalue weighted by molar-refractivity contribution is -0.122. The Hall–Kier alpha value is -1.17. The number of benzene rings is 1. The van der Waals surface area contributed by atoms with Crippen LogP contribution in [-0.2, 0) is 4.79 Å². The Morgan fingerprint density at radius 3 is 2.57 bits per heavy atom. The van der Waals surface area contributed by atoms with Crippen molar-refractivity contribution >= 4 is 36.4 Å². The Bertz CT molecular complexity index is 466. The van der Waals surface area contributed by atoms with Crippen LogP contribution in [0, 0.1) is 0 Å². The molecule has 1 aromatic rings. The lowest BCUT2D eigenvalue weighted by Crippen LogP contribution is -2.44. The molecule has 2 rings (SSSR count). The van der Waals surface area contributed by atoms with Crippen molar-refractivity contribution in [1.29, 1.82) is 0 Å². The Balaban J connectivity index is 0.00000242. The van der Waals surface area contributed by atoms with E-state index in [4.69, 9.17) is 10.5 Å². The topological polar surface area (TPSA) is 67.6 Å². The van der Waals surface area contributed by atoms with Crippen molar-refractivity contribution in [2.45, 2.75) is 31.7 Å². The van der Waals surface area contributed by atoms with Crippen LogP contribution in [0.3, 0.4) is 0 Å². The fourth-order valence-corrected chi connectivity index (χ4v) is 2.72. The summed E-state index contributed by atoms with van der Waals surface area (Å²) in [7, 11) is 1.70. The number of rotatable bonds is 6. The van der Waals surface area contributed by atoms with Gasteiger partial charge < -0.3 is 20.7 Å². The largest absolute Gasteiger partial charge is 0.495 e. The molecule has 1 aromatic carbocycles. The number of piperidine rings is 1. The molecule has 7 heteroatoms. The third-order valence-electron chi connectivity index (χ3n) is 3.89. The van der Waals surface area contributed by atoms with Gasteiger partial charge in [-0.1, -0.05) is 12.1 Å². The summed E-state index contributed by atoms with van der Waals surface area (Å²) in [5.74, 6) is 1.03. The number of hydrogen-bond donors (Lipinski definition) is 2. The molecule has 0 aromatic heterocycles. The summed E-state index contributed by atoms with van der Waals surface area (Å²) in [6.45, 7) is 2.43. The monoisotopic (exact) mass is 363 g/mol. The Kier molecular flexibility index (Phi) is 10.8. The summed E-state index contributed by atoms with van der Waals surface area (Å²) >= 11 is 0. The number of carbonyl (C=O) groups excluding carboxylic acids is 1. The van der Waals surface area contributed by atoms with Gasteiger partial charge in [0.2, 0.25) is 5.91 Å². The van der Waals surface area contributed by atoms with Gasteiger partial charge in [0.15, 0.2) is 0 Å². The van der Waals surface area contributed by atoms with Gasteiger partial charge in [-0.2, -0.15) is 0 Å². The Labute approximate surface area is 150 Å². The van der Waals surface area contributed by atoms with Gasteiger partial charge in [-0.3, -0.25) is 4.79 Å². The standard InChI is InChI=1S/C16H25N3O2.2ClH/c1-21-15-6-3-2-5-14(15)19-11-8-13(9-12-19)18-16(20)7-4-10-17;;/h2-3,5-6,13H,4,7-12,17H2,1H3,(H,18,20);2*1H. The number of nitrogens with zero attached hydrogens (tertiary/aromatic N) is 1. The second kappa shape index (κ2) is 11.4. The van der Waals surface area contributed by atoms with Crippen LogP contribution in [0.4, 0.5) is 5.69 Å². The fraction of sp³-hybridized carbons (Fsp3) is 0.562. The van der Waals surface area contributed by atoms with E-state index < -0.39 is 0 Å². The number of halogens is 2. The molecule has 1 aliphatic heterocycles. The number of amides is 1. The van der Waals surface area contributed by atoms with Crippen LogP contribution in [0.1, 0.15) is 25.7 Å². The number of anilines is 1. The Morgan fingerprint density at radius 2 is 1.96 bits per heavy atom. The van der Waals surface area contributed by atoms with Crippen LogP contribution in [0.25, 0.3) is 0 Å². The highest BCUT2D eigenvalue weighted by Gasteiger charge is 2.22. The molecule has 1 heterocycles. The molecular weight excluding hydrogens is 337 g/mol. The minimum atomic E-state index is 0. The minimum Gasteiger partial charge on any atom is -0.495 e. The third kappa shape index (κ3) is 6.45. The van der Waals surface area contributed by atoms with Gasteiger partial charge in [0.1, 0.15) is 5.75 Å². The van der Waals surface area contributed by atoms with Crippen molar-refractivity contribution < 1.29 is 9.53 Å². The predicted octanol–water partition coefficient (Wildman–Crippen LogP) is 2.36. The van der Waals surface area contributed by atoms with Gasteiger partial charge in [-0.05, 0) is 37.9 Å². The average molecular weight is 364 g/mol. The summed E-state index contributed by atoms with van der Waals surface area (Å²) in [6.07, 6.45) is 3.22. The molecular formula is C16H27Cl2N3O2. The molecule has 1 amide bonds. The molecule has 0 atom stereocenters. The van der Waals surface area contributed by atoms with E-state index in [0.717, 1.165) is 43.8 Å². The number of methoxy groups -OCH3 is 1. The smallest absolute Gasteiger partial charge is 0.220 e. The molecule has 1 saturated heterocycles. The van der Waals surface area contributed by atoms with Crippen LogP contribution < -0.4 is 20.7 Å². The van der Waals surface area contributed by atoms with Crippen LogP contribution >= 0.6 is 24.8 Å². The first-order valence-corrected chi connectivity index (χ1v) is 7.62. The van der Waals surface area contributed by atoms with Gasteiger partial charge in [-0.15, -0.1) is 24.8 Å². The number of nitrogens with two attached hydrogens (primary N) is 1. The van der Waals surface area contributed by atoms with Gasteiger partial charge in [0, 0.05) is 25.6 Å². The van der Waals surface area contributed by atoms with Gasteiger partial charge in [0.25, 0.3) is 0 Å². The lowest BCUT2D eigenvalue weighted by Gasteiger charge is -2.34. The molecule has 0 bridgehead atoms. The molecule has 0 unspecified atom stereocenters. The molecule has 23 heavy (non-hydrogen) atoms. The summed E-state index contributed by atoms with van der Waals surface area (Å²) in [5, 5.41) is 3.10. The second-order valence-corrected chi connectivity index (χ2v) is 5.39. The molecule has 5 nitrogen and oxygen atoms in total. The zero-order valence-corrected chi connectivity index (χ0v) is 15.1. The molecule has 1 aliphatic rings. The van der Waals surface area contributed by atoms with Crippen LogP contribution in [0.2, 0.25) is 0 Å². The molecule has 132 valence electrons. The van der Waals surface area contributed by atoms with Crippen LogP contribution in [0.5, 0.6) is 5.75 Å². The third-order valence-corrected chi connectivity index (χ3v) is 3.89. The SMILES string of the molecule is COc1ccccc1N1CCC(NC(=O)CCCN)CC1.Cl.Cl. The first-order chi connectivity index (χ1) is 10.2. The first-order valence-electron chi connectivity index (χ1n) is 7.62. The highest BCUT2D eigenvalue weighted by atomic mass is 35.5. The maximum atomic E-state index is 11.7. The summed E-state index contributed by atoms with van der Waals surface area (Å²) in [4.78, 5) is 14.0. The van der Waals surface area contributed by atoms with Crippen LogP contribution in [-0.4, -0.2) is 38.7 Å². The zero-order valence-electron chi connectivity index (χ0n) is 13.5. The van der Waals surface area contributed by atoms with Crippen molar-refractivity contribution in [3.8, 4) is 5.75 Å². The average Bonchev–Trinajstić information content (AvgIpc) is 2.53. The van der Waals surface area contributed by atoms with E-state index >= 15 is 0 Å². The summed E-state index contributed by atoms with van der Waals surface area (Å²) in [5.41, 5.74) is 6.55. The maximum Gasteiger partial charge on any atom is 0.220 e. The summed E-state index contributed by atoms with van der Waals surface area (Å²) in [6, 6.07) is 8.35. The van der Waals surface area contributed by atoms with Gasteiger partial charge in [0.05, 0.1) is 12.8 Å². The van der Waals surface area contributed by atoms with E-state index in [1.54, 1.807) is 7.11 Å². The van der Waals surface area contributed by atoms with Crippen LogP contribution in [0.15, 0.2) is 24.3 Å². The van der Waals surface area contributed by atoms with Crippen molar-refractivity contribution in [2.24, 2.45) is 5.73 Å². The highest BCUT2D eigenvalue weighted by molar-refractivity contribution is 5.85. The molecule has 0 saturated carbocycles. The molecule has 0 spiro atoms. The zero-order chi connectivity index (χ0) is 15.1. The second-order valence-electron chi connectivity index (χ2n) is 5.39. The van der Waals surface area contributed by atoms with Crippen molar-refractivity contribution in [2.75, 3.05) is 31.6 Å². The van der Waals surface area contributed by atoms with Gasteiger partial charge >= 0.3 is 0 Å². The fourth-order valence-electron chi connectivity index (χ4n) is 2.72. The number of para-hydroxylation sites is 2. The number of carbonyl (C=O) groups is 1. The van der Waals surface area contributed by atoms with E-state index in [-0.39, 0.29) is 36.8 Å². The molecule has 1 fully saturated rings. The first kappa shape index (κ1) is 21.8. The van der Waals surface area contributed by atoms with E-state index in [0.29, 0.717) is 13.0 Å². The van der Waals surface area contributed by atoms with E-state index in [1.807, 2.05) is 18.2 Å². The summed E-state index contributed by atoms with van der Waals surface area (Å²) < 4.78 is 5.41. The normalized spacial score (nSPS) is 14.4. The minimum absolute atomic E-state index is 0. The maximum absolute atomic E-state index is 11.7. The number of hydrogen-bond acceptors (Lipinski definition) is 4. The van der Waals surface area contributed by atoms with Crippen molar-refractivity contribution in [3.63, 3.8) is 0 Å². The van der Waals surface area contributed by atoms with Crippen molar-refractivity contribution in [3.05, 3.63) is 24.3 Å². The van der Waals surface area contributed by atoms with E-state index in [2.05, 4.69) is 16.3 Å². The quantitative estimate of drug-likeness (QED) is 0.813. The molecule has 3 N–H and O–H groups in total. The van der Waals surface area contributed by atoms with Gasteiger partial charge in [-0.25, -0.2) is 0 Å². The molecule has 0 radical (unpaired) electrons. The number of nitrogens with one attached hydrogen (secondary N) is 1. The highest BCUT2D eigenvalue weighted by Crippen LogP contribution is 2.29. The number of ether oxygens (including phenoxy) is 1.